The van der Waals surface area contributed by atoms with Crippen molar-refractivity contribution in [3.63, 3.8) is 0 Å². The largest absolute Gasteiger partial charge is 0.476 e. The number of thiazole rings is 1. The van der Waals surface area contributed by atoms with Gasteiger partial charge in [-0.3, -0.25) is 4.79 Å². The molecule has 1 heterocycles. The summed E-state index contributed by atoms with van der Waals surface area (Å²) in [6, 6.07) is 0. The molecule has 1 aromatic heterocycles. The standard InChI is InChI=1S/C9H13N3O3S/c1-5-7(8(14)15)12-9(16-5)11-4-3-6(13)10-2/h3-4H2,1-2H3,(H,10,13)(H,11,12)(H,14,15). The molecule has 1 rings (SSSR count). The Morgan fingerprint density at radius 2 is 2.19 bits per heavy atom. The molecule has 0 saturated heterocycles. The molecule has 6 nitrogen and oxygen atoms in total. The van der Waals surface area contributed by atoms with Gasteiger partial charge in [-0.2, -0.15) is 0 Å². The van der Waals surface area contributed by atoms with Crippen LogP contribution in [0.2, 0.25) is 0 Å². The molecule has 0 fully saturated rings. The molecule has 0 bridgehead atoms. The number of carboxylic acids is 1. The predicted octanol–water partition coefficient (Wildman–Crippen LogP) is 0.698. The van der Waals surface area contributed by atoms with Gasteiger partial charge in [0, 0.05) is 24.9 Å². The van der Waals surface area contributed by atoms with Gasteiger partial charge >= 0.3 is 5.97 Å². The minimum absolute atomic E-state index is 0.0624. The molecular weight excluding hydrogens is 230 g/mol. The van der Waals surface area contributed by atoms with E-state index in [4.69, 9.17) is 5.11 Å². The average Bonchev–Trinajstić information content (AvgIpc) is 2.59. The molecule has 0 aliphatic carbocycles. The number of aromatic carboxylic acids is 1. The van der Waals surface area contributed by atoms with E-state index in [0.717, 1.165) is 0 Å². The number of hydrogen-bond acceptors (Lipinski definition) is 5. The summed E-state index contributed by atoms with van der Waals surface area (Å²) in [5, 5.41) is 14.7. The monoisotopic (exact) mass is 243 g/mol. The summed E-state index contributed by atoms with van der Waals surface area (Å²) in [5.41, 5.74) is 0.0624. The van der Waals surface area contributed by atoms with Crippen LogP contribution < -0.4 is 10.6 Å². The van der Waals surface area contributed by atoms with Crippen LogP contribution in [0.1, 0.15) is 21.8 Å². The zero-order valence-corrected chi connectivity index (χ0v) is 9.85. The highest BCUT2D eigenvalue weighted by molar-refractivity contribution is 7.15. The molecule has 3 N–H and O–H groups in total. The van der Waals surface area contributed by atoms with Crippen molar-refractivity contribution in [2.24, 2.45) is 0 Å². The Morgan fingerprint density at radius 3 is 2.69 bits per heavy atom. The van der Waals surface area contributed by atoms with E-state index in [0.29, 0.717) is 23.0 Å². The topological polar surface area (TPSA) is 91.3 Å². The first-order chi connectivity index (χ1) is 7.54. The van der Waals surface area contributed by atoms with Crippen LogP contribution in [0, 0.1) is 6.92 Å². The third-order valence-corrected chi connectivity index (χ3v) is 2.83. The lowest BCUT2D eigenvalue weighted by Gasteiger charge is -2.00. The van der Waals surface area contributed by atoms with E-state index in [2.05, 4.69) is 15.6 Å². The maximum atomic E-state index is 10.9. The van der Waals surface area contributed by atoms with Crippen LogP contribution in [0.3, 0.4) is 0 Å². The van der Waals surface area contributed by atoms with E-state index in [9.17, 15) is 9.59 Å². The Labute approximate surface area is 96.7 Å². The molecule has 1 amide bonds. The van der Waals surface area contributed by atoms with E-state index in [1.54, 1.807) is 14.0 Å². The van der Waals surface area contributed by atoms with Gasteiger partial charge in [0.2, 0.25) is 5.91 Å². The lowest BCUT2D eigenvalue weighted by molar-refractivity contribution is -0.120. The highest BCUT2D eigenvalue weighted by atomic mass is 32.1. The van der Waals surface area contributed by atoms with E-state index in [1.807, 2.05) is 0 Å². The Bertz CT molecular complexity index is 403. The minimum atomic E-state index is -1.03. The van der Waals surface area contributed by atoms with Crippen LogP contribution in [-0.2, 0) is 4.79 Å². The van der Waals surface area contributed by atoms with Crippen LogP contribution >= 0.6 is 11.3 Å². The Balaban J connectivity index is 2.52. The van der Waals surface area contributed by atoms with Crippen LogP contribution in [0.25, 0.3) is 0 Å². The van der Waals surface area contributed by atoms with Gasteiger partial charge in [0.15, 0.2) is 10.8 Å². The normalized spacial score (nSPS) is 9.88. The number of hydrogen-bond donors (Lipinski definition) is 3. The molecule has 0 atom stereocenters. The van der Waals surface area contributed by atoms with Gasteiger partial charge in [0.1, 0.15) is 0 Å². The molecular formula is C9H13N3O3S. The Morgan fingerprint density at radius 1 is 1.50 bits per heavy atom. The van der Waals surface area contributed by atoms with Crippen LogP contribution in [0.5, 0.6) is 0 Å². The first-order valence-corrected chi connectivity index (χ1v) is 5.51. The summed E-state index contributed by atoms with van der Waals surface area (Å²) < 4.78 is 0. The van der Waals surface area contributed by atoms with Crippen molar-refractivity contribution in [2.75, 3.05) is 18.9 Å². The molecule has 16 heavy (non-hydrogen) atoms. The molecule has 88 valence electrons. The number of carbonyl (C=O) groups excluding carboxylic acids is 1. The Kier molecular flexibility index (Phi) is 4.24. The Hall–Kier alpha value is -1.63. The number of rotatable bonds is 5. The molecule has 0 radical (unpaired) electrons. The highest BCUT2D eigenvalue weighted by Crippen LogP contribution is 2.21. The van der Waals surface area contributed by atoms with Crippen molar-refractivity contribution in [3.05, 3.63) is 10.6 Å². The summed E-state index contributed by atoms with van der Waals surface area (Å²) in [6.45, 7) is 2.14. The van der Waals surface area contributed by atoms with Crippen molar-refractivity contribution in [1.29, 1.82) is 0 Å². The smallest absolute Gasteiger partial charge is 0.355 e. The fourth-order valence-corrected chi connectivity index (χ4v) is 1.91. The van der Waals surface area contributed by atoms with Gasteiger partial charge in [-0.1, -0.05) is 0 Å². The number of aryl methyl sites for hydroxylation is 1. The third-order valence-electron chi connectivity index (χ3n) is 1.91. The van der Waals surface area contributed by atoms with E-state index >= 15 is 0 Å². The summed E-state index contributed by atoms with van der Waals surface area (Å²) in [6.07, 6.45) is 0.331. The quantitative estimate of drug-likeness (QED) is 0.708. The number of carboxylic acid groups (broad SMARTS) is 1. The fourth-order valence-electron chi connectivity index (χ4n) is 1.08. The lowest BCUT2D eigenvalue weighted by atomic mass is 10.4. The zero-order chi connectivity index (χ0) is 12.1. The zero-order valence-electron chi connectivity index (χ0n) is 9.03. The number of anilines is 1. The van der Waals surface area contributed by atoms with Gasteiger partial charge in [-0.15, -0.1) is 11.3 Å². The molecule has 0 aliphatic rings. The van der Waals surface area contributed by atoms with Gasteiger partial charge in [-0.25, -0.2) is 9.78 Å². The number of nitrogens with zero attached hydrogens (tertiary/aromatic N) is 1. The lowest BCUT2D eigenvalue weighted by Crippen LogP contribution is -2.20. The predicted molar refractivity (Wildman–Crippen MR) is 61.0 cm³/mol. The highest BCUT2D eigenvalue weighted by Gasteiger charge is 2.13. The SMILES string of the molecule is CNC(=O)CCNc1nc(C(=O)O)c(C)s1. The molecule has 0 spiro atoms. The van der Waals surface area contributed by atoms with Crippen LogP contribution in [0.4, 0.5) is 5.13 Å². The summed E-state index contributed by atoms with van der Waals surface area (Å²) in [4.78, 5) is 26.2. The van der Waals surface area contributed by atoms with E-state index in [1.165, 1.54) is 11.3 Å². The summed E-state index contributed by atoms with van der Waals surface area (Å²) in [5.74, 6) is -1.10. The molecule has 0 unspecified atom stereocenters. The molecule has 0 saturated carbocycles. The van der Waals surface area contributed by atoms with Crippen molar-refractivity contribution in [2.45, 2.75) is 13.3 Å². The van der Waals surface area contributed by atoms with E-state index in [-0.39, 0.29) is 11.6 Å². The second-order valence-electron chi connectivity index (χ2n) is 3.08. The number of carbonyl (C=O) groups is 2. The maximum Gasteiger partial charge on any atom is 0.355 e. The van der Waals surface area contributed by atoms with Crippen molar-refractivity contribution in [1.82, 2.24) is 10.3 Å². The third kappa shape index (κ3) is 3.20. The summed E-state index contributed by atoms with van der Waals surface area (Å²) in [7, 11) is 1.57. The van der Waals surface area contributed by atoms with Crippen LogP contribution in [0.15, 0.2) is 0 Å². The molecule has 1 aromatic rings. The first kappa shape index (κ1) is 12.4. The fraction of sp³-hybridized carbons (Fsp3) is 0.444. The molecule has 0 aromatic carbocycles. The van der Waals surface area contributed by atoms with Crippen molar-refractivity contribution >= 4 is 28.3 Å². The maximum absolute atomic E-state index is 10.9. The minimum Gasteiger partial charge on any atom is -0.476 e. The van der Waals surface area contributed by atoms with Crippen molar-refractivity contribution < 1.29 is 14.7 Å². The van der Waals surface area contributed by atoms with Gasteiger partial charge in [0.05, 0.1) is 0 Å². The number of nitrogens with one attached hydrogen (secondary N) is 2. The van der Waals surface area contributed by atoms with Crippen LogP contribution in [-0.4, -0.2) is 35.6 Å². The van der Waals surface area contributed by atoms with Gasteiger partial charge < -0.3 is 15.7 Å². The first-order valence-electron chi connectivity index (χ1n) is 4.69. The second kappa shape index (κ2) is 5.45. The number of amides is 1. The second-order valence-corrected chi connectivity index (χ2v) is 4.28. The van der Waals surface area contributed by atoms with E-state index < -0.39 is 5.97 Å². The van der Waals surface area contributed by atoms with Gasteiger partial charge in [0.25, 0.3) is 0 Å². The number of aromatic nitrogens is 1. The van der Waals surface area contributed by atoms with Gasteiger partial charge in [-0.05, 0) is 6.92 Å². The van der Waals surface area contributed by atoms with Crippen molar-refractivity contribution in [3.8, 4) is 0 Å². The summed E-state index contributed by atoms with van der Waals surface area (Å²) >= 11 is 1.27. The molecule has 7 heteroatoms. The average molecular weight is 243 g/mol. The molecule has 0 aliphatic heterocycles.